The number of anilines is 1. The first-order chi connectivity index (χ1) is 15.6. The summed E-state index contributed by atoms with van der Waals surface area (Å²) in [5, 5.41) is 3.02. The SMILES string of the molecule is COc1ccc(S(=O)(=O)N(CC(=O)NC(C)(C)CC(C)(C)C)c2cc(C)cc(C)c2)cc1OC. The lowest BCUT2D eigenvalue weighted by Gasteiger charge is -2.34. The van der Waals surface area contributed by atoms with Gasteiger partial charge in [0.15, 0.2) is 11.5 Å². The van der Waals surface area contributed by atoms with Crippen LogP contribution >= 0.6 is 0 Å². The molecule has 2 aromatic carbocycles. The highest BCUT2D eigenvalue weighted by atomic mass is 32.2. The third-order valence-corrected chi connectivity index (χ3v) is 6.94. The molecule has 0 fully saturated rings. The molecule has 0 unspecified atom stereocenters. The standard InChI is InChI=1S/C26H38N2O5S/c1-18-12-19(2)14-20(13-18)28(16-24(29)27-26(6,7)17-25(3,4)5)34(30,31)21-10-11-22(32-8)23(15-21)33-9/h10-15H,16-17H2,1-9H3,(H,27,29). The summed E-state index contributed by atoms with van der Waals surface area (Å²) in [6.45, 7) is 13.6. The molecule has 7 nitrogen and oxygen atoms in total. The number of amides is 1. The number of methoxy groups -OCH3 is 2. The van der Waals surface area contributed by atoms with E-state index in [-0.39, 0.29) is 22.8 Å². The molecule has 0 bridgehead atoms. The Labute approximate surface area is 204 Å². The predicted octanol–water partition coefficient (Wildman–Crippen LogP) is 4.85. The minimum atomic E-state index is -4.09. The summed E-state index contributed by atoms with van der Waals surface area (Å²) in [7, 11) is -1.17. The second kappa shape index (κ2) is 10.3. The van der Waals surface area contributed by atoms with Crippen molar-refractivity contribution >= 4 is 21.6 Å². The number of hydrogen-bond acceptors (Lipinski definition) is 5. The van der Waals surface area contributed by atoms with Crippen molar-refractivity contribution in [3.8, 4) is 11.5 Å². The van der Waals surface area contributed by atoms with E-state index < -0.39 is 15.6 Å². The second-order valence-corrected chi connectivity index (χ2v) is 12.4. The van der Waals surface area contributed by atoms with Gasteiger partial charge in [0.25, 0.3) is 10.0 Å². The molecule has 0 atom stereocenters. The Hall–Kier alpha value is -2.74. The quantitative estimate of drug-likeness (QED) is 0.543. The number of ether oxygens (including phenoxy) is 2. The van der Waals surface area contributed by atoms with Gasteiger partial charge in [0.05, 0.1) is 24.8 Å². The highest BCUT2D eigenvalue weighted by molar-refractivity contribution is 7.92. The fraction of sp³-hybridized carbons (Fsp3) is 0.500. The maximum Gasteiger partial charge on any atom is 0.264 e. The molecule has 2 aromatic rings. The Kier molecular flexibility index (Phi) is 8.30. The van der Waals surface area contributed by atoms with Crippen LogP contribution in [0.2, 0.25) is 0 Å². The van der Waals surface area contributed by atoms with Crippen molar-refractivity contribution in [1.82, 2.24) is 5.32 Å². The lowest BCUT2D eigenvalue weighted by Crippen LogP contribution is -2.50. The summed E-state index contributed by atoms with van der Waals surface area (Å²) in [5.74, 6) is 0.332. The Balaban J connectivity index is 2.51. The Morgan fingerprint density at radius 1 is 0.912 bits per heavy atom. The van der Waals surface area contributed by atoms with Crippen LogP contribution in [0.25, 0.3) is 0 Å². The van der Waals surface area contributed by atoms with Crippen LogP contribution in [0.5, 0.6) is 11.5 Å². The van der Waals surface area contributed by atoms with E-state index in [1.54, 1.807) is 12.1 Å². The molecule has 0 spiro atoms. The van der Waals surface area contributed by atoms with Gasteiger partial charge in [-0.15, -0.1) is 0 Å². The zero-order valence-electron chi connectivity index (χ0n) is 21.8. The number of carbonyl (C=O) groups is 1. The van der Waals surface area contributed by atoms with Crippen molar-refractivity contribution in [1.29, 1.82) is 0 Å². The molecule has 1 amide bonds. The number of benzene rings is 2. The van der Waals surface area contributed by atoms with Crippen LogP contribution < -0.4 is 19.1 Å². The molecule has 0 radical (unpaired) electrons. The van der Waals surface area contributed by atoms with E-state index in [4.69, 9.17) is 9.47 Å². The van der Waals surface area contributed by atoms with E-state index in [2.05, 4.69) is 26.1 Å². The van der Waals surface area contributed by atoms with E-state index in [1.165, 1.54) is 32.4 Å². The topological polar surface area (TPSA) is 84.9 Å². The number of nitrogens with zero attached hydrogens (tertiary/aromatic N) is 1. The zero-order chi connectivity index (χ0) is 25.9. The average molecular weight is 491 g/mol. The van der Waals surface area contributed by atoms with E-state index >= 15 is 0 Å². The molecule has 0 aliphatic rings. The van der Waals surface area contributed by atoms with Gasteiger partial charge in [0.2, 0.25) is 5.91 Å². The van der Waals surface area contributed by atoms with Gasteiger partial charge in [0.1, 0.15) is 6.54 Å². The average Bonchev–Trinajstić information content (AvgIpc) is 2.68. The monoisotopic (exact) mass is 490 g/mol. The van der Waals surface area contributed by atoms with Crippen LogP contribution in [0.4, 0.5) is 5.69 Å². The zero-order valence-corrected chi connectivity index (χ0v) is 22.6. The van der Waals surface area contributed by atoms with Gasteiger partial charge in [-0.1, -0.05) is 26.8 Å². The molecular formula is C26H38N2O5S. The van der Waals surface area contributed by atoms with Gasteiger partial charge in [-0.25, -0.2) is 8.42 Å². The minimum Gasteiger partial charge on any atom is -0.493 e. The first-order valence-corrected chi connectivity index (χ1v) is 12.7. The van der Waals surface area contributed by atoms with Gasteiger partial charge in [-0.05, 0) is 74.9 Å². The first kappa shape index (κ1) is 27.5. The van der Waals surface area contributed by atoms with Crippen LogP contribution in [0.3, 0.4) is 0 Å². The summed E-state index contributed by atoms with van der Waals surface area (Å²) in [4.78, 5) is 13.1. The van der Waals surface area contributed by atoms with Crippen LogP contribution in [-0.2, 0) is 14.8 Å². The molecule has 2 rings (SSSR count). The molecule has 188 valence electrons. The van der Waals surface area contributed by atoms with Crippen molar-refractivity contribution in [3.63, 3.8) is 0 Å². The number of nitrogens with one attached hydrogen (secondary N) is 1. The van der Waals surface area contributed by atoms with E-state index in [0.717, 1.165) is 21.9 Å². The highest BCUT2D eigenvalue weighted by Crippen LogP contribution is 2.33. The lowest BCUT2D eigenvalue weighted by molar-refractivity contribution is -0.121. The number of sulfonamides is 1. The molecule has 0 heterocycles. The Morgan fingerprint density at radius 2 is 1.47 bits per heavy atom. The fourth-order valence-electron chi connectivity index (χ4n) is 4.43. The maximum absolute atomic E-state index is 13.8. The van der Waals surface area contributed by atoms with Gasteiger partial charge in [-0.2, -0.15) is 0 Å². The number of hydrogen-bond donors (Lipinski definition) is 1. The van der Waals surface area contributed by atoms with Gasteiger partial charge in [-0.3, -0.25) is 9.10 Å². The van der Waals surface area contributed by atoms with Crippen LogP contribution in [-0.4, -0.2) is 40.6 Å². The molecule has 0 aliphatic carbocycles. The summed E-state index contributed by atoms with van der Waals surface area (Å²) >= 11 is 0. The Bertz CT molecular complexity index is 1110. The van der Waals surface area contributed by atoms with Gasteiger partial charge < -0.3 is 14.8 Å². The van der Waals surface area contributed by atoms with Crippen LogP contribution in [0.1, 0.15) is 52.2 Å². The molecule has 34 heavy (non-hydrogen) atoms. The molecule has 0 aromatic heterocycles. The smallest absolute Gasteiger partial charge is 0.264 e. The summed E-state index contributed by atoms with van der Waals surface area (Å²) in [5.41, 5.74) is 1.72. The summed E-state index contributed by atoms with van der Waals surface area (Å²) in [6.07, 6.45) is 0.734. The highest BCUT2D eigenvalue weighted by Gasteiger charge is 2.32. The number of carbonyl (C=O) groups excluding carboxylic acids is 1. The van der Waals surface area contributed by atoms with E-state index in [0.29, 0.717) is 17.2 Å². The van der Waals surface area contributed by atoms with Crippen molar-refractivity contribution in [2.45, 2.75) is 65.3 Å². The fourth-order valence-corrected chi connectivity index (χ4v) is 5.85. The van der Waals surface area contributed by atoms with E-state index in [1.807, 2.05) is 33.8 Å². The van der Waals surface area contributed by atoms with Gasteiger partial charge >= 0.3 is 0 Å². The largest absolute Gasteiger partial charge is 0.493 e. The van der Waals surface area contributed by atoms with Crippen LogP contribution in [0.15, 0.2) is 41.3 Å². The van der Waals surface area contributed by atoms with Gasteiger partial charge in [0, 0.05) is 11.6 Å². The first-order valence-electron chi connectivity index (χ1n) is 11.2. The van der Waals surface area contributed by atoms with Crippen molar-refractivity contribution < 1.29 is 22.7 Å². The molecular weight excluding hydrogens is 452 g/mol. The Morgan fingerprint density at radius 3 is 1.97 bits per heavy atom. The number of aryl methyl sites for hydroxylation is 2. The molecule has 1 N–H and O–H groups in total. The van der Waals surface area contributed by atoms with E-state index in [9.17, 15) is 13.2 Å². The molecule has 8 heteroatoms. The minimum absolute atomic E-state index is 0.00412. The van der Waals surface area contributed by atoms with Crippen molar-refractivity contribution in [2.75, 3.05) is 25.1 Å². The molecule has 0 saturated carbocycles. The normalized spacial score (nSPS) is 12.3. The number of rotatable bonds is 9. The predicted molar refractivity (Wildman–Crippen MR) is 136 cm³/mol. The van der Waals surface area contributed by atoms with Crippen molar-refractivity contribution in [2.24, 2.45) is 5.41 Å². The third kappa shape index (κ3) is 7.13. The molecule has 0 saturated heterocycles. The summed E-state index contributed by atoms with van der Waals surface area (Å²) in [6, 6.07) is 9.88. The third-order valence-electron chi connectivity index (χ3n) is 5.17. The van der Waals surface area contributed by atoms with Crippen LogP contribution in [0, 0.1) is 19.3 Å². The second-order valence-electron chi connectivity index (χ2n) is 10.5. The lowest BCUT2D eigenvalue weighted by atomic mass is 9.82. The molecule has 0 aliphatic heterocycles. The maximum atomic E-state index is 13.8. The summed E-state index contributed by atoms with van der Waals surface area (Å²) < 4.78 is 39.3. The van der Waals surface area contributed by atoms with Crippen molar-refractivity contribution in [3.05, 3.63) is 47.5 Å².